The van der Waals surface area contributed by atoms with Crippen molar-refractivity contribution in [3.63, 3.8) is 0 Å². The number of halogens is 1. The molecule has 1 aromatic carbocycles. The first-order valence-corrected chi connectivity index (χ1v) is 7.99. The van der Waals surface area contributed by atoms with Crippen LogP contribution in [0.1, 0.15) is 33.1 Å². The van der Waals surface area contributed by atoms with Gasteiger partial charge in [0.15, 0.2) is 0 Å². The zero-order valence-electron chi connectivity index (χ0n) is 13.8. The molecule has 0 aliphatic carbocycles. The summed E-state index contributed by atoms with van der Waals surface area (Å²) in [4.78, 5) is 12.5. The Bertz CT molecular complexity index is 896. The number of nitrogens with one attached hydrogen (secondary N) is 1. The number of benzene rings is 1. The molecule has 0 saturated heterocycles. The third kappa shape index (κ3) is 3.08. The molecule has 2 aromatic heterocycles. The maximum atomic E-state index is 12.5. The molecule has 0 saturated carbocycles. The van der Waals surface area contributed by atoms with E-state index in [0.29, 0.717) is 17.1 Å². The minimum atomic E-state index is -0.177. The van der Waals surface area contributed by atoms with Crippen molar-refractivity contribution >= 4 is 17.5 Å². The van der Waals surface area contributed by atoms with Crippen molar-refractivity contribution in [2.24, 2.45) is 0 Å². The molecule has 5 nitrogen and oxygen atoms in total. The van der Waals surface area contributed by atoms with Gasteiger partial charge in [0.1, 0.15) is 11.5 Å². The van der Waals surface area contributed by atoms with Crippen LogP contribution in [0.15, 0.2) is 40.9 Å². The molecule has 2 heterocycles. The summed E-state index contributed by atoms with van der Waals surface area (Å²) in [6.45, 7) is 6.03. The molecule has 124 valence electrons. The Kier molecular flexibility index (Phi) is 4.44. The molecule has 1 N–H and O–H groups in total. The fraction of sp³-hybridized carbons (Fsp3) is 0.222. The van der Waals surface area contributed by atoms with E-state index >= 15 is 0 Å². The highest BCUT2D eigenvalue weighted by atomic mass is 35.5. The van der Waals surface area contributed by atoms with E-state index in [1.54, 1.807) is 16.9 Å². The van der Waals surface area contributed by atoms with Gasteiger partial charge in [-0.3, -0.25) is 4.79 Å². The van der Waals surface area contributed by atoms with Crippen molar-refractivity contribution in [2.75, 3.05) is 0 Å². The van der Waals surface area contributed by atoms with Crippen molar-refractivity contribution in [2.45, 2.75) is 27.3 Å². The van der Waals surface area contributed by atoms with Crippen LogP contribution in [0.25, 0.3) is 5.69 Å². The molecule has 24 heavy (non-hydrogen) atoms. The Morgan fingerprint density at radius 1 is 1.29 bits per heavy atom. The smallest absolute Gasteiger partial charge is 0.255 e. The molecule has 0 aliphatic rings. The molecule has 3 aromatic rings. The average Bonchev–Trinajstić information content (AvgIpc) is 3.08. The molecule has 6 heteroatoms. The van der Waals surface area contributed by atoms with Crippen LogP contribution in [0.3, 0.4) is 0 Å². The normalized spacial score (nSPS) is 10.8. The maximum absolute atomic E-state index is 12.5. The monoisotopic (exact) mass is 343 g/mol. The third-order valence-corrected chi connectivity index (χ3v) is 4.24. The molecule has 0 atom stereocenters. The van der Waals surface area contributed by atoms with Gasteiger partial charge in [-0.2, -0.15) is 5.10 Å². The summed E-state index contributed by atoms with van der Waals surface area (Å²) < 4.78 is 7.14. The molecular formula is C18H18ClN3O2. The lowest BCUT2D eigenvalue weighted by molar-refractivity contribution is 0.0950. The second-order valence-corrected chi connectivity index (χ2v) is 6.04. The number of aryl methyl sites for hydroxylation is 2. The number of nitrogens with zero attached hydrogens (tertiary/aromatic N) is 2. The number of amides is 1. The van der Waals surface area contributed by atoms with Gasteiger partial charge < -0.3 is 9.73 Å². The second-order valence-electron chi connectivity index (χ2n) is 5.63. The lowest BCUT2D eigenvalue weighted by Gasteiger charge is -2.08. The van der Waals surface area contributed by atoms with Crippen LogP contribution >= 0.6 is 11.6 Å². The fourth-order valence-corrected chi connectivity index (χ4v) is 2.84. The van der Waals surface area contributed by atoms with Crippen molar-refractivity contribution in [1.29, 1.82) is 0 Å². The minimum absolute atomic E-state index is 0.177. The van der Waals surface area contributed by atoms with Crippen molar-refractivity contribution < 1.29 is 9.21 Å². The van der Waals surface area contributed by atoms with E-state index in [1.165, 1.54) is 0 Å². The van der Waals surface area contributed by atoms with Crippen LogP contribution in [0.5, 0.6) is 0 Å². The SMILES string of the molecule is Cc1cc(CNC(=O)c2cnn(-c3ccccc3Cl)c2C)c(C)o1. The average molecular weight is 344 g/mol. The minimum Gasteiger partial charge on any atom is -0.466 e. The van der Waals surface area contributed by atoms with E-state index in [-0.39, 0.29) is 5.91 Å². The molecular weight excluding hydrogens is 326 g/mol. The number of hydrogen-bond acceptors (Lipinski definition) is 3. The van der Waals surface area contributed by atoms with Crippen LogP contribution in [-0.4, -0.2) is 15.7 Å². The number of furan rings is 1. The molecule has 0 spiro atoms. The van der Waals surface area contributed by atoms with Gasteiger partial charge in [0.2, 0.25) is 0 Å². The fourth-order valence-electron chi connectivity index (χ4n) is 2.63. The van der Waals surface area contributed by atoms with Crippen LogP contribution in [0, 0.1) is 20.8 Å². The maximum Gasteiger partial charge on any atom is 0.255 e. The van der Waals surface area contributed by atoms with Gasteiger partial charge in [-0.05, 0) is 39.0 Å². The second kappa shape index (κ2) is 6.53. The molecule has 0 bridgehead atoms. The first-order chi connectivity index (χ1) is 11.5. The van der Waals surface area contributed by atoms with E-state index in [2.05, 4.69) is 10.4 Å². The van der Waals surface area contributed by atoms with E-state index in [4.69, 9.17) is 16.0 Å². The molecule has 0 unspecified atom stereocenters. The number of carbonyl (C=O) groups is 1. The number of hydrogen-bond donors (Lipinski definition) is 1. The first kappa shape index (κ1) is 16.3. The highest BCUT2D eigenvalue weighted by Crippen LogP contribution is 2.22. The first-order valence-electron chi connectivity index (χ1n) is 7.61. The molecule has 1 amide bonds. The van der Waals surface area contributed by atoms with Gasteiger partial charge in [-0.25, -0.2) is 4.68 Å². The summed E-state index contributed by atoms with van der Waals surface area (Å²) in [5.74, 6) is 1.47. The van der Waals surface area contributed by atoms with Gasteiger partial charge in [0.25, 0.3) is 5.91 Å². The van der Waals surface area contributed by atoms with E-state index in [9.17, 15) is 4.79 Å². The number of rotatable bonds is 4. The largest absolute Gasteiger partial charge is 0.466 e. The molecule has 0 radical (unpaired) electrons. The van der Waals surface area contributed by atoms with E-state index < -0.39 is 0 Å². The quantitative estimate of drug-likeness (QED) is 0.779. The van der Waals surface area contributed by atoms with Crippen LogP contribution < -0.4 is 5.32 Å². The zero-order valence-corrected chi connectivity index (χ0v) is 14.5. The predicted molar refractivity (Wildman–Crippen MR) is 92.7 cm³/mol. The number of aromatic nitrogens is 2. The van der Waals surface area contributed by atoms with Crippen LogP contribution in [-0.2, 0) is 6.54 Å². The summed E-state index contributed by atoms with van der Waals surface area (Å²) in [5.41, 5.74) is 2.97. The van der Waals surface area contributed by atoms with Crippen molar-refractivity contribution in [3.05, 3.63) is 69.9 Å². The predicted octanol–water partition coefficient (Wildman–Crippen LogP) is 3.97. The Morgan fingerprint density at radius 3 is 2.71 bits per heavy atom. The topological polar surface area (TPSA) is 60.1 Å². The summed E-state index contributed by atoms with van der Waals surface area (Å²) in [6, 6.07) is 9.32. The summed E-state index contributed by atoms with van der Waals surface area (Å²) >= 11 is 6.21. The summed E-state index contributed by atoms with van der Waals surface area (Å²) in [5, 5.41) is 7.79. The third-order valence-electron chi connectivity index (χ3n) is 3.92. The van der Waals surface area contributed by atoms with Gasteiger partial charge >= 0.3 is 0 Å². The summed E-state index contributed by atoms with van der Waals surface area (Å²) in [7, 11) is 0. The number of para-hydroxylation sites is 1. The number of carbonyl (C=O) groups excluding carboxylic acids is 1. The van der Waals surface area contributed by atoms with Crippen molar-refractivity contribution in [3.8, 4) is 5.69 Å². The Morgan fingerprint density at radius 2 is 2.04 bits per heavy atom. The highest BCUT2D eigenvalue weighted by molar-refractivity contribution is 6.32. The standard InChI is InChI=1S/C18H18ClN3O2/c1-11-8-14(13(3)24-11)9-20-18(23)15-10-21-22(12(15)2)17-7-5-4-6-16(17)19/h4-8,10H,9H2,1-3H3,(H,20,23). The lowest BCUT2D eigenvalue weighted by atomic mass is 10.2. The van der Waals surface area contributed by atoms with E-state index in [1.807, 2.05) is 45.0 Å². The molecule has 0 fully saturated rings. The molecule has 3 rings (SSSR count). The van der Waals surface area contributed by atoms with E-state index in [0.717, 1.165) is 28.5 Å². The highest BCUT2D eigenvalue weighted by Gasteiger charge is 2.16. The Labute approximate surface area is 145 Å². The van der Waals surface area contributed by atoms with Crippen LogP contribution in [0.2, 0.25) is 5.02 Å². The summed E-state index contributed by atoms with van der Waals surface area (Å²) in [6.07, 6.45) is 1.56. The van der Waals surface area contributed by atoms with Gasteiger partial charge in [-0.15, -0.1) is 0 Å². The zero-order chi connectivity index (χ0) is 17.3. The van der Waals surface area contributed by atoms with Gasteiger partial charge in [-0.1, -0.05) is 23.7 Å². The Balaban J connectivity index is 1.79. The van der Waals surface area contributed by atoms with Crippen LogP contribution in [0.4, 0.5) is 0 Å². The van der Waals surface area contributed by atoms with Crippen molar-refractivity contribution in [1.82, 2.24) is 15.1 Å². The Hall–Kier alpha value is -2.53. The lowest BCUT2D eigenvalue weighted by Crippen LogP contribution is -2.23. The van der Waals surface area contributed by atoms with Gasteiger partial charge in [0.05, 0.1) is 28.2 Å². The molecule has 0 aliphatic heterocycles. The van der Waals surface area contributed by atoms with Gasteiger partial charge in [0, 0.05) is 12.1 Å².